The van der Waals surface area contributed by atoms with E-state index in [0.29, 0.717) is 29.4 Å². The monoisotopic (exact) mass is 476 g/mol. The van der Waals surface area contributed by atoms with Crippen LogP contribution in [0.4, 0.5) is 15.8 Å². The molecule has 35 heavy (non-hydrogen) atoms. The number of amides is 2. The van der Waals surface area contributed by atoms with Crippen molar-refractivity contribution in [2.45, 2.75) is 25.5 Å². The van der Waals surface area contributed by atoms with Crippen molar-refractivity contribution in [1.29, 1.82) is 0 Å². The third kappa shape index (κ3) is 3.89. The van der Waals surface area contributed by atoms with Crippen LogP contribution in [-0.2, 0) is 14.4 Å². The first-order chi connectivity index (χ1) is 17.0. The maximum absolute atomic E-state index is 14.5. The van der Waals surface area contributed by atoms with E-state index in [1.807, 2.05) is 43.3 Å². The zero-order valence-electron chi connectivity index (χ0n) is 19.4. The highest BCUT2D eigenvalue weighted by molar-refractivity contribution is 6.24. The topological polar surface area (TPSA) is 68.3 Å². The average molecular weight is 477 g/mol. The zero-order chi connectivity index (χ0) is 24.5. The summed E-state index contributed by atoms with van der Waals surface area (Å²) >= 11 is 0. The van der Waals surface area contributed by atoms with E-state index in [0.717, 1.165) is 11.3 Å². The molecule has 3 aromatic rings. The Morgan fingerprint density at radius 1 is 0.943 bits per heavy atom. The minimum absolute atomic E-state index is 0.0774. The van der Waals surface area contributed by atoms with Gasteiger partial charge in [0.1, 0.15) is 11.7 Å². The Bertz CT molecular complexity index is 1250. The highest BCUT2D eigenvalue weighted by Gasteiger charge is 2.60. The lowest BCUT2D eigenvalue weighted by Gasteiger charge is -2.29. The summed E-state index contributed by atoms with van der Waals surface area (Å²) in [7, 11) is 1.55. The lowest BCUT2D eigenvalue weighted by atomic mass is 9.90. The number of carbonyl (C=O) groups excluding carboxylic acids is 2. The fourth-order valence-corrected chi connectivity index (χ4v) is 4.62. The van der Waals surface area contributed by atoms with Gasteiger partial charge in [-0.15, -0.1) is 0 Å². The van der Waals surface area contributed by atoms with Crippen molar-refractivity contribution in [1.82, 2.24) is 0 Å². The van der Waals surface area contributed by atoms with Crippen LogP contribution in [0.5, 0.6) is 11.5 Å². The first-order valence-electron chi connectivity index (χ1n) is 11.5. The molecule has 0 aliphatic carbocycles. The molecule has 5 rings (SSSR count). The second kappa shape index (κ2) is 9.38. The molecule has 2 amide bonds. The molecule has 3 atom stereocenters. The molecule has 0 radical (unpaired) electrons. The summed E-state index contributed by atoms with van der Waals surface area (Å²) < 4.78 is 25.9. The normalized spacial score (nSPS) is 21.4. The first-order valence-corrected chi connectivity index (χ1v) is 11.5. The number of hydrogen-bond donors (Lipinski definition) is 0. The summed E-state index contributed by atoms with van der Waals surface area (Å²) in [5.74, 6) is -1.54. The number of hydroxylamine groups is 1. The van der Waals surface area contributed by atoms with Crippen LogP contribution >= 0.6 is 0 Å². The zero-order valence-corrected chi connectivity index (χ0v) is 19.4. The summed E-state index contributed by atoms with van der Waals surface area (Å²) in [6.07, 6.45) is -0.246. The predicted octanol–water partition coefficient (Wildman–Crippen LogP) is 4.67. The standard InChI is InChI=1S/C27H25FN2O5/c1-3-15-34-21-14-13-17(16-22(21)33-2)24-23-25(35-30(24)18-9-5-4-6-10-18)27(32)29(26(23)31)20-12-8-7-11-19(20)28/h4-14,16,23-25H,3,15H2,1-2H3/t23-,24-,25-/m1/s1. The quantitative estimate of drug-likeness (QED) is 0.462. The predicted molar refractivity (Wildman–Crippen MR) is 128 cm³/mol. The van der Waals surface area contributed by atoms with Crippen LogP contribution in [0.15, 0.2) is 72.8 Å². The summed E-state index contributed by atoms with van der Waals surface area (Å²) in [5.41, 5.74) is 1.32. The van der Waals surface area contributed by atoms with Crippen molar-refractivity contribution in [3.8, 4) is 11.5 Å². The Morgan fingerprint density at radius 2 is 1.69 bits per heavy atom. The van der Waals surface area contributed by atoms with E-state index in [9.17, 15) is 14.0 Å². The summed E-state index contributed by atoms with van der Waals surface area (Å²) in [4.78, 5) is 34.0. The third-order valence-corrected chi connectivity index (χ3v) is 6.21. The van der Waals surface area contributed by atoms with E-state index in [2.05, 4.69) is 0 Å². The molecule has 180 valence electrons. The second-order valence-electron chi connectivity index (χ2n) is 8.38. The molecule has 0 spiro atoms. The number of methoxy groups -OCH3 is 1. The van der Waals surface area contributed by atoms with Crippen LogP contribution in [0, 0.1) is 11.7 Å². The number of imide groups is 1. The van der Waals surface area contributed by atoms with Crippen molar-refractivity contribution >= 4 is 23.2 Å². The van der Waals surface area contributed by atoms with Gasteiger partial charge in [-0.25, -0.2) is 14.4 Å². The SMILES string of the molecule is CCCOc1ccc([C@@H]2[C@H]3C(=O)N(c4ccccc4F)C(=O)[C@@H]3ON2c2ccccc2)cc1OC. The number of nitrogens with zero attached hydrogens (tertiary/aromatic N) is 2. The fraction of sp³-hybridized carbons (Fsp3) is 0.259. The molecule has 0 aromatic heterocycles. The van der Waals surface area contributed by atoms with Gasteiger partial charge in [0, 0.05) is 0 Å². The highest BCUT2D eigenvalue weighted by Crippen LogP contribution is 2.48. The van der Waals surface area contributed by atoms with Crippen molar-refractivity contribution in [2.75, 3.05) is 23.7 Å². The van der Waals surface area contributed by atoms with Crippen molar-refractivity contribution in [3.05, 3.63) is 84.2 Å². The molecule has 7 nitrogen and oxygen atoms in total. The number of halogens is 1. The van der Waals surface area contributed by atoms with E-state index < -0.39 is 35.7 Å². The van der Waals surface area contributed by atoms with Crippen LogP contribution in [0.3, 0.4) is 0 Å². The van der Waals surface area contributed by atoms with Gasteiger partial charge < -0.3 is 9.47 Å². The number of para-hydroxylation sites is 2. The van der Waals surface area contributed by atoms with E-state index in [-0.39, 0.29) is 5.69 Å². The van der Waals surface area contributed by atoms with E-state index in [1.165, 1.54) is 18.2 Å². The van der Waals surface area contributed by atoms with Crippen LogP contribution < -0.4 is 19.4 Å². The van der Waals surface area contributed by atoms with E-state index in [1.54, 1.807) is 30.4 Å². The molecule has 0 saturated carbocycles. The summed E-state index contributed by atoms with van der Waals surface area (Å²) in [6.45, 7) is 2.55. The molecule has 2 aliphatic heterocycles. The maximum atomic E-state index is 14.5. The van der Waals surface area contributed by atoms with Crippen LogP contribution in [0.2, 0.25) is 0 Å². The molecule has 8 heteroatoms. The minimum Gasteiger partial charge on any atom is -0.493 e. The molecular formula is C27H25FN2O5. The van der Waals surface area contributed by atoms with Crippen LogP contribution in [-0.4, -0.2) is 31.6 Å². The molecule has 2 heterocycles. The molecule has 0 unspecified atom stereocenters. The number of ether oxygens (including phenoxy) is 2. The largest absolute Gasteiger partial charge is 0.493 e. The number of fused-ring (bicyclic) bond motifs is 1. The van der Waals surface area contributed by atoms with Gasteiger partial charge in [-0.1, -0.05) is 43.3 Å². The molecule has 2 fully saturated rings. The molecule has 0 bridgehead atoms. The van der Waals surface area contributed by atoms with Crippen LogP contribution in [0.25, 0.3) is 0 Å². The number of rotatable bonds is 7. The van der Waals surface area contributed by atoms with Gasteiger partial charge in [0.25, 0.3) is 5.91 Å². The van der Waals surface area contributed by atoms with Gasteiger partial charge in [-0.3, -0.25) is 14.4 Å². The van der Waals surface area contributed by atoms with Crippen molar-refractivity contribution in [2.24, 2.45) is 5.92 Å². The molecule has 3 aromatic carbocycles. The Kier molecular flexibility index (Phi) is 6.13. The molecule has 2 aliphatic rings. The maximum Gasteiger partial charge on any atom is 0.266 e. The Balaban J connectivity index is 1.58. The number of hydrogen-bond acceptors (Lipinski definition) is 6. The van der Waals surface area contributed by atoms with Gasteiger partial charge in [-0.2, -0.15) is 0 Å². The number of benzene rings is 3. The first kappa shape index (κ1) is 22.9. The van der Waals surface area contributed by atoms with E-state index >= 15 is 0 Å². The van der Waals surface area contributed by atoms with Gasteiger partial charge in [0.15, 0.2) is 17.6 Å². The average Bonchev–Trinajstić information content (AvgIpc) is 3.39. The number of anilines is 2. The third-order valence-electron chi connectivity index (χ3n) is 6.21. The van der Waals surface area contributed by atoms with E-state index in [4.69, 9.17) is 14.3 Å². The van der Waals surface area contributed by atoms with Crippen LogP contribution in [0.1, 0.15) is 24.9 Å². The highest BCUT2D eigenvalue weighted by atomic mass is 19.1. The van der Waals surface area contributed by atoms with Gasteiger partial charge in [0.05, 0.1) is 31.1 Å². The molecule has 0 N–H and O–H groups in total. The fourth-order valence-electron chi connectivity index (χ4n) is 4.62. The Hall–Kier alpha value is -3.91. The smallest absolute Gasteiger partial charge is 0.266 e. The lowest BCUT2D eigenvalue weighted by Crippen LogP contribution is -2.37. The minimum atomic E-state index is -1.09. The van der Waals surface area contributed by atoms with Gasteiger partial charge in [0.2, 0.25) is 5.91 Å². The van der Waals surface area contributed by atoms with Crippen molar-refractivity contribution in [3.63, 3.8) is 0 Å². The Labute approximate surface area is 202 Å². The number of carbonyl (C=O) groups is 2. The van der Waals surface area contributed by atoms with Gasteiger partial charge in [-0.05, 0) is 48.4 Å². The van der Waals surface area contributed by atoms with Crippen molar-refractivity contribution < 1.29 is 28.3 Å². The Morgan fingerprint density at radius 3 is 2.40 bits per heavy atom. The summed E-state index contributed by atoms with van der Waals surface area (Å²) in [5, 5.41) is 1.59. The molecule has 2 saturated heterocycles. The lowest BCUT2D eigenvalue weighted by molar-refractivity contribution is -0.126. The molecular weight excluding hydrogens is 451 g/mol. The van der Waals surface area contributed by atoms with Gasteiger partial charge >= 0.3 is 0 Å². The second-order valence-corrected chi connectivity index (χ2v) is 8.38. The summed E-state index contributed by atoms with van der Waals surface area (Å²) in [6, 6.07) is 19.7.